The Labute approximate surface area is 119 Å². The minimum Gasteiger partial charge on any atom is -0.374 e. The molecule has 0 aromatic heterocycles. The molecule has 0 spiro atoms. The molecule has 0 bridgehead atoms. The van der Waals surface area contributed by atoms with Crippen molar-refractivity contribution < 1.29 is 13.2 Å². The normalized spacial score (nSPS) is 20.5. The number of nitrogens with one attached hydrogen (secondary N) is 1. The topological polar surface area (TPSA) is 82.4 Å². The first-order chi connectivity index (χ1) is 9.53. The third kappa shape index (κ3) is 3.55. The Morgan fingerprint density at radius 2 is 2.25 bits per heavy atom. The fourth-order valence-corrected chi connectivity index (χ4v) is 3.29. The van der Waals surface area contributed by atoms with E-state index in [0.29, 0.717) is 13.2 Å². The van der Waals surface area contributed by atoms with E-state index >= 15 is 0 Å². The molecule has 1 saturated heterocycles. The second kappa shape index (κ2) is 6.33. The van der Waals surface area contributed by atoms with Gasteiger partial charge in [-0.3, -0.25) is 0 Å². The summed E-state index contributed by atoms with van der Waals surface area (Å²) in [5.74, 6) is 0. The van der Waals surface area contributed by atoms with Gasteiger partial charge < -0.3 is 9.64 Å². The smallest absolute Gasteiger partial charge is 0.241 e. The summed E-state index contributed by atoms with van der Waals surface area (Å²) in [7, 11) is -1.72. The highest BCUT2D eigenvalue weighted by Crippen LogP contribution is 2.14. The Kier molecular flexibility index (Phi) is 4.73. The van der Waals surface area contributed by atoms with E-state index in [2.05, 4.69) is 9.62 Å². The van der Waals surface area contributed by atoms with Gasteiger partial charge in [0.25, 0.3) is 0 Å². The minimum atomic E-state index is -3.69. The number of morpholine rings is 1. The van der Waals surface area contributed by atoms with E-state index in [9.17, 15) is 8.42 Å². The molecule has 1 heterocycles. The average Bonchev–Trinajstić information content (AvgIpc) is 2.45. The SMILES string of the molecule is CN1CCOC(CNS(=O)(=O)c2ccccc2C#N)C1. The first kappa shape index (κ1) is 14.9. The lowest BCUT2D eigenvalue weighted by Crippen LogP contribution is -2.45. The summed E-state index contributed by atoms with van der Waals surface area (Å²) in [5, 5.41) is 8.96. The molecule has 1 aromatic carbocycles. The van der Waals surface area contributed by atoms with Crippen LogP contribution in [-0.4, -0.2) is 52.7 Å². The molecule has 2 rings (SSSR count). The van der Waals surface area contributed by atoms with Crippen LogP contribution in [0.5, 0.6) is 0 Å². The predicted octanol–water partition coefficient (Wildman–Crippen LogP) is 0.167. The van der Waals surface area contributed by atoms with Crippen molar-refractivity contribution in [2.45, 2.75) is 11.0 Å². The summed E-state index contributed by atoms with van der Waals surface area (Å²) in [6.45, 7) is 2.33. The Morgan fingerprint density at radius 3 is 2.95 bits per heavy atom. The van der Waals surface area contributed by atoms with E-state index in [0.717, 1.165) is 6.54 Å². The highest BCUT2D eigenvalue weighted by molar-refractivity contribution is 7.89. The predicted molar refractivity (Wildman–Crippen MR) is 73.6 cm³/mol. The molecule has 20 heavy (non-hydrogen) atoms. The van der Waals surface area contributed by atoms with Crippen molar-refractivity contribution in [2.24, 2.45) is 0 Å². The molecule has 1 atom stereocenters. The second-order valence-electron chi connectivity index (χ2n) is 4.71. The Balaban J connectivity index is 2.06. The van der Waals surface area contributed by atoms with Crippen LogP contribution in [0.2, 0.25) is 0 Å². The number of nitriles is 1. The highest BCUT2D eigenvalue weighted by atomic mass is 32.2. The Hall–Kier alpha value is -1.46. The van der Waals surface area contributed by atoms with Crippen LogP contribution in [0.3, 0.4) is 0 Å². The van der Waals surface area contributed by atoms with E-state index in [4.69, 9.17) is 10.00 Å². The maximum Gasteiger partial charge on any atom is 0.241 e. The molecule has 1 fully saturated rings. The molecule has 108 valence electrons. The van der Waals surface area contributed by atoms with Crippen LogP contribution in [0.4, 0.5) is 0 Å². The number of benzene rings is 1. The largest absolute Gasteiger partial charge is 0.374 e. The molecule has 0 saturated carbocycles. The zero-order valence-electron chi connectivity index (χ0n) is 11.2. The Bertz CT molecular complexity index is 610. The van der Waals surface area contributed by atoms with E-state index in [-0.39, 0.29) is 23.1 Å². The van der Waals surface area contributed by atoms with E-state index in [1.54, 1.807) is 12.1 Å². The summed E-state index contributed by atoms with van der Waals surface area (Å²) in [4.78, 5) is 2.10. The maximum absolute atomic E-state index is 12.2. The van der Waals surface area contributed by atoms with Gasteiger partial charge in [-0.1, -0.05) is 12.1 Å². The molecule has 7 heteroatoms. The van der Waals surface area contributed by atoms with Gasteiger partial charge in [0.15, 0.2) is 0 Å². The number of nitrogens with zero attached hydrogens (tertiary/aromatic N) is 2. The Morgan fingerprint density at radius 1 is 1.50 bits per heavy atom. The van der Waals surface area contributed by atoms with Crippen molar-refractivity contribution in [3.8, 4) is 6.07 Å². The van der Waals surface area contributed by atoms with Crippen molar-refractivity contribution in [2.75, 3.05) is 33.3 Å². The highest BCUT2D eigenvalue weighted by Gasteiger charge is 2.22. The first-order valence-electron chi connectivity index (χ1n) is 6.32. The molecule has 0 radical (unpaired) electrons. The van der Waals surface area contributed by atoms with Crippen molar-refractivity contribution in [3.63, 3.8) is 0 Å². The zero-order valence-corrected chi connectivity index (χ0v) is 12.1. The van der Waals surface area contributed by atoms with Gasteiger partial charge in [-0.25, -0.2) is 13.1 Å². The second-order valence-corrected chi connectivity index (χ2v) is 6.45. The lowest BCUT2D eigenvalue weighted by molar-refractivity contribution is -0.0156. The van der Waals surface area contributed by atoms with Gasteiger partial charge in [0, 0.05) is 19.6 Å². The monoisotopic (exact) mass is 295 g/mol. The molecule has 1 aliphatic rings. The van der Waals surface area contributed by atoms with Crippen LogP contribution in [-0.2, 0) is 14.8 Å². The third-order valence-electron chi connectivity index (χ3n) is 3.14. The lowest BCUT2D eigenvalue weighted by atomic mass is 10.2. The van der Waals surface area contributed by atoms with Crippen molar-refractivity contribution in [1.29, 1.82) is 5.26 Å². The summed E-state index contributed by atoms with van der Waals surface area (Å²) in [6, 6.07) is 8.03. The average molecular weight is 295 g/mol. The molecule has 0 aliphatic carbocycles. The number of hydrogen-bond acceptors (Lipinski definition) is 5. The van der Waals surface area contributed by atoms with Gasteiger partial charge in [0.2, 0.25) is 10.0 Å². The van der Waals surface area contributed by atoms with Crippen LogP contribution in [0.25, 0.3) is 0 Å². The lowest BCUT2D eigenvalue weighted by Gasteiger charge is -2.30. The number of hydrogen-bond donors (Lipinski definition) is 1. The number of sulfonamides is 1. The standard InChI is InChI=1S/C13H17N3O3S/c1-16-6-7-19-12(10-16)9-15-20(17,18)13-5-3-2-4-11(13)8-14/h2-5,12,15H,6-7,9-10H2,1H3. The minimum absolute atomic E-state index is 0.00617. The van der Waals surface area contributed by atoms with Crippen LogP contribution < -0.4 is 4.72 Å². The van der Waals surface area contributed by atoms with Gasteiger partial charge in [0.1, 0.15) is 6.07 Å². The van der Waals surface area contributed by atoms with Crippen molar-refractivity contribution >= 4 is 10.0 Å². The first-order valence-corrected chi connectivity index (χ1v) is 7.80. The quantitative estimate of drug-likeness (QED) is 0.856. The zero-order chi connectivity index (χ0) is 14.6. The van der Waals surface area contributed by atoms with Gasteiger partial charge in [-0.2, -0.15) is 5.26 Å². The maximum atomic E-state index is 12.2. The summed E-state index contributed by atoms with van der Waals surface area (Å²) in [6.07, 6.45) is -0.169. The van der Waals surface area contributed by atoms with Crippen LogP contribution in [0, 0.1) is 11.3 Å². The van der Waals surface area contributed by atoms with Crippen LogP contribution >= 0.6 is 0 Å². The summed E-state index contributed by atoms with van der Waals surface area (Å²) >= 11 is 0. The third-order valence-corrected chi connectivity index (χ3v) is 4.62. The van der Waals surface area contributed by atoms with Gasteiger partial charge in [0.05, 0.1) is 23.2 Å². The van der Waals surface area contributed by atoms with Crippen LogP contribution in [0.15, 0.2) is 29.2 Å². The molecule has 1 N–H and O–H groups in total. The van der Waals surface area contributed by atoms with E-state index in [1.807, 2.05) is 13.1 Å². The molecule has 1 aromatic rings. The number of rotatable bonds is 4. The van der Waals surface area contributed by atoms with Gasteiger partial charge in [-0.05, 0) is 19.2 Å². The molecule has 1 unspecified atom stereocenters. The van der Waals surface area contributed by atoms with E-state index in [1.165, 1.54) is 12.1 Å². The van der Waals surface area contributed by atoms with Gasteiger partial charge >= 0.3 is 0 Å². The number of likely N-dealkylation sites (N-methyl/N-ethyl adjacent to an activating group) is 1. The molecular weight excluding hydrogens is 278 g/mol. The van der Waals surface area contributed by atoms with Crippen molar-refractivity contribution in [1.82, 2.24) is 9.62 Å². The van der Waals surface area contributed by atoms with Crippen molar-refractivity contribution in [3.05, 3.63) is 29.8 Å². The summed E-state index contributed by atoms with van der Waals surface area (Å²) < 4.78 is 32.4. The fraction of sp³-hybridized carbons (Fsp3) is 0.462. The summed E-state index contributed by atoms with van der Waals surface area (Å²) in [5.41, 5.74) is 0.140. The number of ether oxygens (including phenoxy) is 1. The van der Waals surface area contributed by atoms with Crippen LogP contribution in [0.1, 0.15) is 5.56 Å². The molecule has 6 nitrogen and oxygen atoms in total. The molecule has 0 amide bonds. The van der Waals surface area contributed by atoms with Gasteiger partial charge in [-0.15, -0.1) is 0 Å². The van der Waals surface area contributed by atoms with E-state index < -0.39 is 10.0 Å². The fourth-order valence-electron chi connectivity index (χ4n) is 2.06. The molecular formula is C13H17N3O3S. The molecule has 1 aliphatic heterocycles.